The molecule has 0 spiro atoms. The molecule has 0 unspecified atom stereocenters. The first kappa shape index (κ1) is 10.6. The molecule has 0 fully saturated rings. The summed E-state index contributed by atoms with van der Waals surface area (Å²) >= 11 is 0.313. The number of nitrogen functional groups attached to an aromatic ring is 1. The van der Waals surface area contributed by atoms with Crippen molar-refractivity contribution >= 4 is 22.6 Å². The Morgan fingerprint density at radius 2 is 2.14 bits per heavy atom. The summed E-state index contributed by atoms with van der Waals surface area (Å²) in [7, 11) is 0. The van der Waals surface area contributed by atoms with Crippen molar-refractivity contribution in [2.45, 2.75) is 6.18 Å². The van der Waals surface area contributed by atoms with Gasteiger partial charge in [0.2, 0.25) is 10.8 Å². The minimum Gasteiger partial charge on any atom is -0.449 e. The maximum atomic E-state index is 12.1. The number of halogens is 3. The molecular weight excluding hydrogens is 225 g/mol. The highest BCUT2D eigenvalue weighted by Gasteiger charge is 2.39. The number of carboxylic acid groups (broad SMARTS) is 1. The Labute approximate surface area is 78.9 Å². The molecule has 0 radical (unpaired) electrons. The number of nitrogens with two attached hydrogens (primary N) is 1. The van der Waals surface area contributed by atoms with Crippen LogP contribution >= 0.6 is 11.3 Å². The van der Waals surface area contributed by atoms with E-state index < -0.39 is 28.2 Å². The van der Waals surface area contributed by atoms with Crippen molar-refractivity contribution in [2.24, 2.45) is 0 Å². The first-order valence-corrected chi connectivity index (χ1v) is 3.86. The fourth-order valence-electron chi connectivity index (χ4n) is 0.650. The fourth-order valence-corrected chi connectivity index (χ4v) is 1.35. The lowest BCUT2D eigenvalue weighted by atomic mass is 10.5. The number of hydrogen-bond donors (Lipinski definition) is 2. The Morgan fingerprint density at radius 3 is 2.57 bits per heavy atom. The molecule has 0 aliphatic rings. The van der Waals surface area contributed by atoms with Crippen molar-refractivity contribution in [3.8, 4) is 5.06 Å². The summed E-state index contributed by atoms with van der Waals surface area (Å²) in [5.41, 5.74) is 3.56. The molecule has 0 aromatic carbocycles. The first-order valence-electron chi connectivity index (χ1n) is 3.05. The van der Waals surface area contributed by atoms with Crippen LogP contribution in [0.1, 0.15) is 5.69 Å². The maximum Gasteiger partial charge on any atom is 0.512 e. The molecule has 1 heterocycles. The molecule has 0 aliphatic carbocycles. The van der Waals surface area contributed by atoms with Crippen molar-refractivity contribution in [2.75, 3.05) is 5.73 Å². The van der Waals surface area contributed by atoms with Crippen LogP contribution in [0.5, 0.6) is 5.06 Å². The average molecular weight is 228 g/mol. The molecule has 0 atom stereocenters. The van der Waals surface area contributed by atoms with Crippen LogP contribution in [0.4, 0.5) is 23.1 Å². The van der Waals surface area contributed by atoms with E-state index in [9.17, 15) is 18.0 Å². The zero-order chi connectivity index (χ0) is 10.9. The van der Waals surface area contributed by atoms with Crippen LogP contribution in [-0.4, -0.2) is 16.2 Å². The second-order valence-corrected chi connectivity index (χ2v) is 3.05. The van der Waals surface area contributed by atoms with Gasteiger partial charge in [0.25, 0.3) is 0 Å². The minimum absolute atomic E-state index is 0.313. The van der Waals surface area contributed by atoms with Gasteiger partial charge in [-0.25, -0.2) is 9.78 Å². The Morgan fingerprint density at radius 1 is 1.57 bits per heavy atom. The Balaban J connectivity index is 3.09. The van der Waals surface area contributed by atoms with Crippen molar-refractivity contribution in [3.63, 3.8) is 0 Å². The second-order valence-electron chi connectivity index (χ2n) is 2.05. The van der Waals surface area contributed by atoms with Gasteiger partial charge in [-0.15, -0.1) is 0 Å². The van der Waals surface area contributed by atoms with Gasteiger partial charge in [-0.3, -0.25) is 0 Å². The smallest absolute Gasteiger partial charge is 0.449 e. The van der Waals surface area contributed by atoms with Gasteiger partial charge in [-0.1, -0.05) is 11.3 Å². The number of thiazole rings is 1. The number of anilines is 1. The molecule has 0 bridgehead atoms. The van der Waals surface area contributed by atoms with Crippen LogP contribution in [-0.2, 0) is 6.18 Å². The van der Waals surface area contributed by atoms with E-state index >= 15 is 0 Å². The molecule has 9 heteroatoms. The molecule has 0 amide bonds. The first-order chi connectivity index (χ1) is 6.30. The van der Waals surface area contributed by atoms with Gasteiger partial charge in [-0.2, -0.15) is 13.2 Å². The van der Waals surface area contributed by atoms with Crippen LogP contribution in [0.15, 0.2) is 0 Å². The lowest BCUT2D eigenvalue weighted by molar-refractivity contribution is -0.141. The van der Waals surface area contributed by atoms with Crippen LogP contribution in [0.25, 0.3) is 0 Å². The van der Waals surface area contributed by atoms with Gasteiger partial charge in [0.05, 0.1) is 0 Å². The highest BCUT2D eigenvalue weighted by atomic mass is 32.1. The summed E-state index contributed by atoms with van der Waals surface area (Å²) in [6.07, 6.45) is -6.63. The molecule has 14 heavy (non-hydrogen) atoms. The molecule has 5 nitrogen and oxygen atoms in total. The van der Waals surface area contributed by atoms with Crippen LogP contribution in [0.3, 0.4) is 0 Å². The molecule has 0 saturated heterocycles. The number of carbonyl (C=O) groups is 1. The van der Waals surface area contributed by atoms with Gasteiger partial charge in [0.15, 0.2) is 5.13 Å². The summed E-state index contributed by atoms with van der Waals surface area (Å²) in [5, 5.41) is 6.83. The van der Waals surface area contributed by atoms with E-state index in [4.69, 9.17) is 10.8 Å². The Bertz CT molecular complexity index is 362. The predicted octanol–water partition coefficient (Wildman–Crippen LogP) is 1.80. The van der Waals surface area contributed by atoms with E-state index in [0.29, 0.717) is 11.3 Å². The van der Waals surface area contributed by atoms with Crippen molar-refractivity contribution in [1.82, 2.24) is 4.98 Å². The van der Waals surface area contributed by atoms with Crippen molar-refractivity contribution in [1.29, 1.82) is 0 Å². The molecule has 78 valence electrons. The van der Waals surface area contributed by atoms with Gasteiger partial charge >= 0.3 is 12.3 Å². The molecule has 1 aromatic rings. The number of hydrogen-bond acceptors (Lipinski definition) is 5. The summed E-state index contributed by atoms with van der Waals surface area (Å²) in [6, 6.07) is 0. The lowest BCUT2D eigenvalue weighted by Gasteiger charge is -2.03. The third-order valence-electron chi connectivity index (χ3n) is 1.06. The van der Waals surface area contributed by atoms with Crippen molar-refractivity contribution < 1.29 is 27.8 Å². The molecule has 0 aliphatic heterocycles. The largest absolute Gasteiger partial charge is 0.512 e. The highest BCUT2D eigenvalue weighted by Crippen LogP contribution is 2.40. The molecular formula is C5H3F3N2O3S. The summed E-state index contributed by atoms with van der Waals surface area (Å²) < 4.78 is 40.2. The standard InChI is InChI=1S/C5H3F3N2O3S/c6-5(7,8)1-2(13-4(11)12)14-3(9)10-1/h(H2,9,10)(H,11,12). The number of aromatic nitrogens is 1. The van der Waals surface area contributed by atoms with E-state index in [1.54, 1.807) is 0 Å². The number of alkyl halides is 3. The molecule has 3 N–H and O–H groups in total. The van der Waals surface area contributed by atoms with E-state index in [1.165, 1.54) is 0 Å². The van der Waals surface area contributed by atoms with Crippen LogP contribution in [0, 0.1) is 0 Å². The normalized spacial score (nSPS) is 11.4. The van der Waals surface area contributed by atoms with E-state index in [1.807, 2.05) is 0 Å². The van der Waals surface area contributed by atoms with E-state index in [2.05, 4.69) is 9.72 Å². The number of rotatable bonds is 1. The summed E-state index contributed by atoms with van der Waals surface area (Å²) in [6.45, 7) is 0. The van der Waals surface area contributed by atoms with Gasteiger partial charge in [0, 0.05) is 0 Å². The zero-order valence-electron chi connectivity index (χ0n) is 6.33. The summed E-state index contributed by atoms with van der Waals surface area (Å²) in [4.78, 5) is 12.9. The van der Waals surface area contributed by atoms with Crippen molar-refractivity contribution in [3.05, 3.63) is 5.69 Å². The Kier molecular flexibility index (Phi) is 2.51. The SMILES string of the molecule is Nc1nc(C(F)(F)F)c(OC(=O)O)s1. The lowest BCUT2D eigenvalue weighted by Crippen LogP contribution is -2.10. The van der Waals surface area contributed by atoms with Crippen LogP contribution in [0.2, 0.25) is 0 Å². The van der Waals surface area contributed by atoms with E-state index in [0.717, 1.165) is 0 Å². The van der Waals surface area contributed by atoms with Crippen LogP contribution < -0.4 is 10.5 Å². The Hall–Kier alpha value is -1.51. The summed E-state index contributed by atoms with van der Waals surface area (Å²) in [5.74, 6) is 0. The van der Waals surface area contributed by atoms with Gasteiger partial charge in [0.1, 0.15) is 0 Å². The highest BCUT2D eigenvalue weighted by molar-refractivity contribution is 7.17. The van der Waals surface area contributed by atoms with Gasteiger partial charge < -0.3 is 15.6 Å². The van der Waals surface area contributed by atoms with E-state index in [-0.39, 0.29) is 0 Å². The molecule has 1 rings (SSSR count). The number of nitrogens with zero attached hydrogens (tertiary/aromatic N) is 1. The zero-order valence-corrected chi connectivity index (χ0v) is 7.15. The quantitative estimate of drug-likeness (QED) is 0.716. The van der Waals surface area contributed by atoms with Gasteiger partial charge in [-0.05, 0) is 0 Å². The number of ether oxygens (including phenoxy) is 1. The third kappa shape index (κ3) is 2.25. The minimum atomic E-state index is -4.78. The maximum absolute atomic E-state index is 12.1. The predicted molar refractivity (Wildman–Crippen MR) is 40.2 cm³/mol. The third-order valence-corrected chi connectivity index (χ3v) is 1.82. The topological polar surface area (TPSA) is 85.4 Å². The average Bonchev–Trinajstić information content (AvgIpc) is 2.28. The molecule has 1 aromatic heterocycles. The second kappa shape index (κ2) is 3.33. The monoisotopic (exact) mass is 228 g/mol. The molecule has 0 saturated carbocycles. The fraction of sp³-hybridized carbons (Fsp3) is 0.200.